The highest BCUT2D eigenvalue weighted by Gasteiger charge is 2.30. The van der Waals surface area contributed by atoms with Crippen molar-refractivity contribution in [2.24, 2.45) is 11.8 Å². The molecule has 1 saturated heterocycles. The van der Waals surface area contributed by atoms with Crippen LogP contribution in [-0.4, -0.2) is 23.3 Å². The van der Waals surface area contributed by atoms with Gasteiger partial charge in [0.2, 0.25) is 0 Å². The van der Waals surface area contributed by atoms with E-state index in [9.17, 15) is 0 Å². The molecule has 1 heterocycles. The maximum absolute atomic E-state index is 8.42. The molecule has 2 atom stereocenters. The van der Waals surface area contributed by atoms with E-state index in [1.165, 1.54) is 44.9 Å². The Balaban J connectivity index is 1.96. The van der Waals surface area contributed by atoms with E-state index in [1.54, 1.807) is 0 Å². The van der Waals surface area contributed by atoms with E-state index in [2.05, 4.69) is 18.7 Å². The van der Waals surface area contributed by atoms with Crippen molar-refractivity contribution in [3.8, 4) is 0 Å². The SMILES string of the molecule is CC1CCCN(C(=N)C2CCCCC2)C1C. The molecule has 16 heavy (non-hydrogen) atoms. The van der Waals surface area contributed by atoms with Crippen LogP contribution in [0.15, 0.2) is 0 Å². The molecule has 0 bridgehead atoms. The number of nitrogens with zero attached hydrogens (tertiary/aromatic N) is 1. The lowest BCUT2D eigenvalue weighted by molar-refractivity contribution is 0.178. The summed E-state index contributed by atoms with van der Waals surface area (Å²) in [6.07, 6.45) is 9.20. The molecular weight excluding hydrogens is 196 g/mol. The van der Waals surface area contributed by atoms with E-state index in [0.29, 0.717) is 12.0 Å². The Bertz CT molecular complexity index is 243. The van der Waals surface area contributed by atoms with Crippen molar-refractivity contribution in [2.75, 3.05) is 6.54 Å². The first-order valence-corrected chi connectivity index (χ1v) is 7.05. The fourth-order valence-electron chi connectivity index (χ4n) is 3.29. The molecule has 0 radical (unpaired) electrons. The monoisotopic (exact) mass is 222 g/mol. The summed E-state index contributed by atoms with van der Waals surface area (Å²) in [4.78, 5) is 2.39. The van der Waals surface area contributed by atoms with E-state index in [-0.39, 0.29) is 0 Å². The van der Waals surface area contributed by atoms with Gasteiger partial charge in [0.05, 0.1) is 5.84 Å². The minimum absolute atomic E-state index is 0.571. The smallest absolute Gasteiger partial charge is 0.0991 e. The summed E-state index contributed by atoms with van der Waals surface area (Å²) in [7, 11) is 0. The Morgan fingerprint density at radius 2 is 1.69 bits per heavy atom. The topological polar surface area (TPSA) is 27.1 Å². The number of rotatable bonds is 1. The summed E-state index contributed by atoms with van der Waals surface area (Å²) in [6, 6.07) is 0.586. The number of amidine groups is 1. The molecule has 0 aromatic carbocycles. The van der Waals surface area contributed by atoms with E-state index in [1.807, 2.05) is 0 Å². The number of nitrogens with one attached hydrogen (secondary N) is 1. The molecule has 1 aliphatic carbocycles. The fraction of sp³-hybridized carbons (Fsp3) is 0.929. The molecule has 0 aromatic rings. The normalized spacial score (nSPS) is 32.8. The zero-order valence-electron chi connectivity index (χ0n) is 10.8. The summed E-state index contributed by atoms with van der Waals surface area (Å²) in [6.45, 7) is 5.77. The van der Waals surface area contributed by atoms with Crippen LogP contribution in [-0.2, 0) is 0 Å². The van der Waals surface area contributed by atoms with Crippen LogP contribution in [0.4, 0.5) is 0 Å². The van der Waals surface area contributed by atoms with Crippen molar-refractivity contribution in [1.82, 2.24) is 4.90 Å². The van der Waals surface area contributed by atoms with E-state index >= 15 is 0 Å². The highest BCUT2D eigenvalue weighted by atomic mass is 15.2. The van der Waals surface area contributed by atoms with Gasteiger partial charge in [-0.15, -0.1) is 0 Å². The Hall–Kier alpha value is -0.530. The minimum atomic E-state index is 0.571. The lowest BCUT2D eigenvalue weighted by atomic mass is 9.85. The highest BCUT2D eigenvalue weighted by molar-refractivity contribution is 5.82. The molecule has 0 spiro atoms. The quantitative estimate of drug-likeness (QED) is 0.532. The van der Waals surface area contributed by atoms with Gasteiger partial charge in [-0.05, 0) is 38.5 Å². The zero-order valence-corrected chi connectivity index (χ0v) is 10.8. The molecule has 2 fully saturated rings. The minimum Gasteiger partial charge on any atom is -0.357 e. The zero-order chi connectivity index (χ0) is 11.5. The molecule has 1 saturated carbocycles. The van der Waals surface area contributed by atoms with Gasteiger partial charge in [-0.1, -0.05) is 26.2 Å². The lowest BCUT2D eigenvalue weighted by Gasteiger charge is -2.42. The van der Waals surface area contributed by atoms with E-state index in [0.717, 1.165) is 18.3 Å². The van der Waals surface area contributed by atoms with Crippen LogP contribution < -0.4 is 0 Å². The standard InChI is InChI=1S/C14H26N2/c1-11-7-6-10-16(12(11)2)14(15)13-8-4-3-5-9-13/h11-13,15H,3-10H2,1-2H3. The molecular formula is C14H26N2. The molecule has 0 aromatic heterocycles. The van der Waals surface area contributed by atoms with Crippen molar-refractivity contribution >= 4 is 5.84 Å². The average Bonchev–Trinajstić information content (AvgIpc) is 2.33. The molecule has 0 amide bonds. The maximum Gasteiger partial charge on any atom is 0.0991 e. The summed E-state index contributed by atoms with van der Waals surface area (Å²) < 4.78 is 0. The van der Waals surface area contributed by atoms with Crippen LogP contribution >= 0.6 is 0 Å². The molecule has 2 unspecified atom stereocenters. The van der Waals surface area contributed by atoms with E-state index < -0.39 is 0 Å². The molecule has 1 N–H and O–H groups in total. The molecule has 92 valence electrons. The van der Waals surface area contributed by atoms with Gasteiger partial charge in [-0.2, -0.15) is 0 Å². The molecule has 1 aliphatic heterocycles. The average molecular weight is 222 g/mol. The largest absolute Gasteiger partial charge is 0.357 e. The highest BCUT2D eigenvalue weighted by Crippen LogP contribution is 2.30. The number of hydrogen-bond donors (Lipinski definition) is 1. The Morgan fingerprint density at radius 3 is 2.38 bits per heavy atom. The first-order chi connectivity index (χ1) is 7.70. The van der Waals surface area contributed by atoms with Crippen LogP contribution in [0.1, 0.15) is 58.8 Å². The van der Waals surface area contributed by atoms with Crippen molar-refractivity contribution in [2.45, 2.75) is 64.8 Å². The Morgan fingerprint density at radius 1 is 1.00 bits per heavy atom. The van der Waals surface area contributed by atoms with Gasteiger partial charge in [0.15, 0.2) is 0 Å². The maximum atomic E-state index is 8.42. The first kappa shape index (κ1) is 11.9. The van der Waals surface area contributed by atoms with Crippen molar-refractivity contribution in [1.29, 1.82) is 5.41 Å². The lowest BCUT2D eigenvalue weighted by Crippen LogP contribution is -2.48. The molecule has 2 heteroatoms. The predicted octanol–water partition coefficient (Wildman–Crippen LogP) is 3.66. The number of likely N-dealkylation sites (tertiary alicyclic amines) is 1. The molecule has 2 aliphatic rings. The van der Waals surface area contributed by atoms with Gasteiger partial charge in [0, 0.05) is 18.5 Å². The third kappa shape index (κ3) is 2.41. The first-order valence-electron chi connectivity index (χ1n) is 7.05. The van der Waals surface area contributed by atoms with Gasteiger partial charge >= 0.3 is 0 Å². The van der Waals surface area contributed by atoms with Crippen molar-refractivity contribution < 1.29 is 0 Å². The third-order valence-electron chi connectivity index (χ3n) is 4.67. The molecule has 2 nitrogen and oxygen atoms in total. The van der Waals surface area contributed by atoms with Gasteiger partial charge < -0.3 is 4.90 Å². The van der Waals surface area contributed by atoms with Gasteiger partial charge in [0.1, 0.15) is 0 Å². The van der Waals surface area contributed by atoms with Gasteiger partial charge in [-0.3, -0.25) is 5.41 Å². The number of piperidine rings is 1. The van der Waals surface area contributed by atoms with Gasteiger partial charge in [0.25, 0.3) is 0 Å². The summed E-state index contributed by atoms with van der Waals surface area (Å²) in [5.74, 6) is 2.29. The van der Waals surface area contributed by atoms with Crippen molar-refractivity contribution in [3.63, 3.8) is 0 Å². The Labute approximate surface area is 99.9 Å². The van der Waals surface area contributed by atoms with Crippen LogP contribution in [0.25, 0.3) is 0 Å². The van der Waals surface area contributed by atoms with Crippen LogP contribution in [0.5, 0.6) is 0 Å². The number of hydrogen-bond acceptors (Lipinski definition) is 1. The molecule has 2 rings (SSSR count). The van der Waals surface area contributed by atoms with E-state index in [4.69, 9.17) is 5.41 Å². The second kappa shape index (κ2) is 5.20. The van der Waals surface area contributed by atoms with Crippen LogP contribution in [0.3, 0.4) is 0 Å². The summed E-state index contributed by atoms with van der Waals surface area (Å²) in [5, 5.41) is 8.42. The van der Waals surface area contributed by atoms with Gasteiger partial charge in [-0.25, -0.2) is 0 Å². The fourth-order valence-corrected chi connectivity index (χ4v) is 3.29. The third-order valence-corrected chi connectivity index (χ3v) is 4.67. The predicted molar refractivity (Wildman–Crippen MR) is 68.9 cm³/mol. The second-order valence-electron chi connectivity index (χ2n) is 5.77. The summed E-state index contributed by atoms with van der Waals surface area (Å²) >= 11 is 0. The van der Waals surface area contributed by atoms with Crippen LogP contribution in [0, 0.1) is 17.2 Å². The Kier molecular flexibility index (Phi) is 3.88. The summed E-state index contributed by atoms with van der Waals surface area (Å²) in [5.41, 5.74) is 0. The second-order valence-corrected chi connectivity index (χ2v) is 5.77. The van der Waals surface area contributed by atoms with Crippen molar-refractivity contribution in [3.05, 3.63) is 0 Å². The van der Waals surface area contributed by atoms with Crippen LogP contribution in [0.2, 0.25) is 0 Å².